The molecule has 1 aromatic heterocycles. The molecule has 0 aliphatic rings. The largest absolute Gasteiger partial charge is 0.360 e. The van der Waals surface area contributed by atoms with Gasteiger partial charge in [0.15, 0.2) is 5.82 Å². The van der Waals surface area contributed by atoms with Gasteiger partial charge in [-0.2, -0.15) is 0 Å². The Morgan fingerprint density at radius 1 is 1.30 bits per heavy atom. The van der Waals surface area contributed by atoms with E-state index in [1.807, 2.05) is 13.0 Å². The van der Waals surface area contributed by atoms with Crippen LogP contribution in [-0.4, -0.2) is 23.5 Å². The van der Waals surface area contributed by atoms with Gasteiger partial charge in [0.2, 0.25) is 11.8 Å². The van der Waals surface area contributed by atoms with E-state index in [1.165, 1.54) is 11.8 Å². The van der Waals surface area contributed by atoms with Crippen LogP contribution in [0.5, 0.6) is 0 Å². The minimum Gasteiger partial charge on any atom is -0.360 e. The topological polar surface area (TPSA) is 75.4 Å². The van der Waals surface area contributed by atoms with E-state index in [0.717, 1.165) is 5.56 Å². The van der Waals surface area contributed by atoms with Crippen LogP contribution in [0.2, 0.25) is 5.02 Å². The molecule has 23 heavy (non-hydrogen) atoms. The van der Waals surface area contributed by atoms with Gasteiger partial charge >= 0.3 is 0 Å². The van der Waals surface area contributed by atoms with Crippen LogP contribution in [0.3, 0.4) is 0 Å². The maximum Gasteiger partial charge on any atom is 0.226 e. The molecule has 0 bridgehead atoms. The third kappa shape index (κ3) is 4.56. The van der Waals surface area contributed by atoms with Crippen LogP contribution in [0.15, 0.2) is 28.8 Å². The van der Waals surface area contributed by atoms with Gasteiger partial charge in [0.05, 0.1) is 0 Å². The quantitative estimate of drug-likeness (QED) is 0.909. The first-order valence-corrected chi connectivity index (χ1v) is 7.52. The molecule has 2 rings (SSSR count). The number of anilines is 2. The average molecular weight is 336 g/mol. The smallest absolute Gasteiger partial charge is 0.226 e. The van der Waals surface area contributed by atoms with Crippen molar-refractivity contribution in [3.63, 3.8) is 0 Å². The third-order valence-corrected chi connectivity index (χ3v) is 3.54. The fourth-order valence-corrected chi connectivity index (χ4v) is 2.24. The summed E-state index contributed by atoms with van der Waals surface area (Å²) in [5, 5.41) is 7.15. The predicted molar refractivity (Wildman–Crippen MR) is 88.7 cm³/mol. The number of nitrogens with one attached hydrogen (secondary N) is 1. The Morgan fingerprint density at radius 3 is 2.65 bits per heavy atom. The zero-order chi connectivity index (χ0) is 17.0. The van der Waals surface area contributed by atoms with E-state index < -0.39 is 0 Å². The Labute approximate surface area is 139 Å². The number of carbonyl (C=O) groups is 2. The van der Waals surface area contributed by atoms with Gasteiger partial charge in [0.1, 0.15) is 5.76 Å². The lowest BCUT2D eigenvalue weighted by Gasteiger charge is -2.17. The lowest BCUT2D eigenvalue weighted by atomic mass is 10.2. The highest BCUT2D eigenvalue weighted by Crippen LogP contribution is 2.20. The van der Waals surface area contributed by atoms with E-state index >= 15 is 0 Å². The van der Waals surface area contributed by atoms with E-state index in [2.05, 4.69) is 10.5 Å². The molecule has 0 aliphatic carbocycles. The SMILES string of the molecule is CC(=O)N(CCC(=O)Nc1cc(Cl)ccc1C)c1cc(C)on1. The van der Waals surface area contributed by atoms with Crippen molar-refractivity contribution in [3.8, 4) is 0 Å². The summed E-state index contributed by atoms with van der Waals surface area (Å²) in [4.78, 5) is 25.2. The van der Waals surface area contributed by atoms with Crippen molar-refractivity contribution in [3.05, 3.63) is 40.6 Å². The van der Waals surface area contributed by atoms with E-state index in [-0.39, 0.29) is 24.8 Å². The highest BCUT2D eigenvalue weighted by atomic mass is 35.5. The Kier molecular flexibility index (Phi) is 5.39. The molecule has 122 valence electrons. The fraction of sp³-hybridized carbons (Fsp3) is 0.312. The molecule has 2 amide bonds. The van der Waals surface area contributed by atoms with Crippen LogP contribution >= 0.6 is 11.6 Å². The maximum atomic E-state index is 12.1. The number of hydrogen-bond acceptors (Lipinski definition) is 4. The fourth-order valence-electron chi connectivity index (χ4n) is 2.07. The minimum absolute atomic E-state index is 0.136. The number of benzene rings is 1. The van der Waals surface area contributed by atoms with Gasteiger partial charge in [0.25, 0.3) is 0 Å². The molecule has 0 saturated heterocycles. The molecule has 7 heteroatoms. The Balaban J connectivity index is 1.99. The first-order chi connectivity index (χ1) is 10.9. The second-order valence-corrected chi connectivity index (χ2v) is 5.66. The average Bonchev–Trinajstić information content (AvgIpc) is 2.89. The molecule has 0 atom stereocenters. The van der Waals surface area contributed by atoms with Crippen molar-refractivity contribution in [2.45, 2.75) is 27.2 Å². The summed E-state index contributed by atoms with van der Waals surface area (Å²) in [6, 6.07) is 6.94. The van der Waals surface area contributed by atoms with E-state index in [0.29, 0.717) is 22.3 Å². The number of rotatable bonds is 5. The van der Waals surface area contributed by atoms with Gasteiger partial charge in [-0.3, -0.25) is 14.5 Å². The second kappa shape index (κ2) is 7.28. The van der Waals surface area contributed by atoms with Gasteiger partial charge in [-0.05, 0) is 31.5 Å². The summed E-state index contributed by atoms with van der Waals surface area (Å²) in [6.07, 6.45) is 0.136. The number of nitrogens with zero attached hydrogens (tertiary/aromatic N) is 2. The zero-order valence-corrected chi connectivity index (χ0v) is 14.0. The molecule has 0 fully saturated rings. The summed E-state index contributed by atoms with van der Waals surface area (Å²) >= 11 is 5.93. The zero-order valence-electron chi connectivity index (χ0n) is 13.2. The first-order valence-electron chi connectivity index (χ1n) is 7.14. The molecule has 0 unspecified atom stereocenters. The highest BCUT2D eigenvalue weighted by Gasteiger charge is 2.17. The van der Waals surface area contributed by atoms with Crippen molar-refractivity contribution in [1.82, 2.24) is 5.16 Å². The van der Waals surface area contributed by atoms with Crippen molar-refractivity contribution >= 4 is 34.9 Å². The lowest BCUT2D eigenvalue weighted by molar-refractivity contribution is -0.117. The molecule has 2 aromatic rings. The molecule has 1 aromatic carbocycles. The summed E-state index contributed by atoms with van der Waals surface area (Å²) < 4.78 is 4.97. The normalized spacial score (nSPS) is 10.4. The lowest BCUT2D eigenvalue weighted by Crippen LogP contribution is -2.32. The number of amides is 2. The third-order valence-electron chi connectivity index (χ3n) is 3.31. The highest BCUT2D eigenvalue weighted by molar-refractivity contribution is 6.31. The van der Waals surface area contributed by atoms with Gasteiger partial charge in [-0.1, -0.05) is 22.8 Å². The van der Waals surface area contributed by atoms with Gasteiger partial charge < -0.3 is 9.84 Å². The summed E-state index contributed by atoms with van der Waals surface area (Å²) in [5.74, 6) is 0.596. The van der Waals surface area contributed by atoms with Crippen LogP contribution in [0.4, 0.5) is 11.5 Å². The summed E-state index contributed by atoms with van der Waals surface area (Å²) in [7, 11) is 0. The first kappa shape index (κ1) is 17.0. The van der Waals surface area contributed by atoms with Crippen molar-refractivity contribution in [2.75, 3.05) is 16.8 Å². The van der Waals surface area contributed by atoms with Gasteiger partial charge in [0, 0.05) is 36.7 Å². The van der Waals surface area contributed by atoms with Crippen molar-refractivity contribution in [2.24, 2.45) is 0 Å². The predicted octanol–water partition coefficient (Wildman–Crippen LogP) is 3.33. The number of aryl methyl sites for hydroxylation is 2. The molecule has 6 nitrogen and oxygen atoms in total. The molecular weight excluding hydrogens is 318 g/mol. The second-order valence-electron chi connectivity index (χ2n) is 5.22. The molecule has 0 saturated carbocycles. The maximum absolute atomic E-state index is 12.1. The number of halogens is 1. The van der Waals surface area contributed by atoms with Crippen LogP contribution in [0.1, 0.15) is 24.7 Å². The van der Waals surface area contributed by atoms with Crippen LogP contribution < -0.4 is 10.2 Å². The minimum atomic E-state index is -0.207. The molecule has 0 aliphatic heterocycles. The number of aromatic nitrogens is 1. The number of hydrogen-bond donors (Lipinski definition) is 1. The number of carbonyl (C=O) groups excluding carboxylic acids is 2. The molecule has 1 N–H and O–H groups in total. The van der Waals surface area contributed by atoms with Gasteiger partial charge in [-0.15, -0.1) is 0 Å². The van der Waals surface area contributed by atoms with E-state index in [1.54, 1.807) is 25.1 Å². The Morgan fingerprint density at radius 2 is 2.04 bits per heavy atom. The Bertz CT molecular complexity index is 727. The van der Waals surface area contributed by atoms with Crippen molar-refractivity contribution < 1.29 is 14.1 Å². The van der Waals surface area contributed by atoms with Crippen molar-refractivity contribution in [1.29, 1.82) is 0 Å². The van der Waals surface area contributed by atoms with E-state index in [4.69, 9.17) is 16.1 Å². The van der Waals surface area contributed by atoms with Crippen LogP contribution in [0, 0.1) is 13.8 Å². The van der Waals surface area contributed by atoms with Crippen LogP contribution in [-0.2, 0) is 9.59 Å². The Hall–Kier alpha value is -2.34. The molecular formula is C16H18ClN3O3. The van der Waals surface area contributed by atoms with Gasteiger partial charge in [-0.25, -0.2) is 0 Å². The monoisotopic (exact) mass is 335 g/mol. The van der Waals surface area contributed by atoms with E-state index in [9.17, 15) is 9.59 Å². The molecule has 0 spiro atoms. The summed E-state index contributed by atoms with van der Waals surface area (Å²) in [5.41, 5.74) is 1.58. The summed E-state index contributed by atoms with van der Waals surface area (Å²) in [6.45, 7) is 5.26. The molecule has 1 heterocycles. The standard InChI is InChI=1S/C16H18ClN3O3/c1-10-4-5-13(17)9-14(10)18-16(22)6-7-20(12(3)21)15-8-11(2)23-19-15/h4-5,8-9H,6-7H2,1-3H3,(H,18,22). The van der Waals surface area contributed by atoms with Crippen LogP contribution in [0.25, 0.3) is 0 Å². The molecule has 0 radical (unpaired) electrons.